The Morgan fingerprint density at radius 2 is 2.00 bits per heavy atom. The lowest BCUT2D eigenvalue weighted by atomic mass is 10.1. The van der Waals surface area contributed by atoms with E-state index in [0.717, 1.165) is 12.8 Å². The van der Waals surface area contributed by atoms with Gasteiger partial charge in [0.25, 0.3) is 0 Å². The van der Waals surface area contributed by atoms with Crippen LogP contribution in [0, 0.1) is 5.39 Å². The van der Waals surface area contributed by atoms with Gasteiger partial charge in [0.05, 0.1) is 13.2 Å². The van der Waals surface area contributed by atoms with Gasteiger partial charge in [-0.15, -0.1) is 0 Å². The van der Waals surface area contributed by atoms with E-state index in [1.54, 1.807) is 18.2 Å². The third-order valence-electron chi connectivity index (χ3n) is 3.23. The number of aliphatic hydroxyl groups is 1. The molecular weight excluding hydrogens is 244 g/mol. The molecule has 0 aromatic heterocycles. The smallest absolute Gasteiger partial charge is 0.474 e. The van der Waals surface area contributed by atoms with Crippen molar-refractivity contribution in [3.63, 3.8) is 0 Å². The molecule has 1 saturated carbocycles. The molecule has 1 N–H and O–H groups in total. The predicted molar refractivity (Wildman–Crippen MR) is 71.0 cm³/mol. The zero-order valence-corrected chi connectivity index (χ0v) is 10.9. The van der Waals surface area contributed by atoms with Crippen molar-refractivity contribution in [1.29, 1.82) is 5.39 Å². The van der Waals surface area contributed by atoms with E-state index in [4.69, 9.17) is 14.9 Å². The van der Waals surface area contributed by atoms with Crippen LogP contribution in [0.5, 0.6) is 5.75 Å². The van der Waals surface area contributed by atoms with Gasteiger partial charge in [-0.2, -0.15) is 0 Å². The maximum absolute atomic E-state index is 9.60. The molecule has 1 aromatic carbocycles. The molecule has 19 heavy (non-hydrogen) atoms. The van der Waals surface area contributed by atoms with E-state index in [2.05, 4.69) is 4.98 Å². The fourth-order valence-electron chi connectivity index (χ4n) is 2.26. The normalized spacial score (nSPS) is 16.6. The number of ether oxygens (including phenoxy) is 2. The van der Waals surface area contributed by atoms with Crippen LogP contribution < -0.4 is 4.74 Å². The molecule has 0 saturated heterocycles. The third kappa shape index (κ3) is 2.97. The monoisotopic (exact) mass is 261 g/mol. The number of benzene rings is 1. The van der Waals surface area contributed by atoms with E-state index < -0.39 is 5.95 Å². The first-order valence-corrected chi connectivity index (χ1v) is 6.34. The predicted octanol–water partition coefficient (Wildman–Crippen LogP) is 3.69. The van der Waals surface area contributed by atoms with E-state index in [1.165, 1.54) is 20.0 Å². The van der Waals surface area contributed by atoms with Crippen LogP contribution in [0.1, 0.15) is 31.2 Å². The minimum atomic E-state index is -0.440. The Hall–Kier alpha value is -2.22. The van der Waals surface area contributed by atoms with Gasteiger partial charge in [-0.3, -0.25) is 0 Å². The zero-order valence-electron chi connectivity index (χ0n) is 10.9. The van der Waals surface area contributed by atoms with Gasteiger partial charge in [0.1, 0.15) is 11.3 Å². The van der Waals surface area contributed by atoms with Crippen LogP contribution in [0.15, 0.2) is 30.2 Å². The second-order valence-corrected chi connectivity index (χ2v) is 4.48. The number of para-hydroxylation sites is 1. The molecule has 1 fully saturated rings. The molecule has 1 aliphatic rings. The minimum Gasteiger partial charge on any atom is -0.489 e. The average molecular weight is 261 g/mol. The van der Waals surface area contributed by atoms with E-state index in [9.17, 15) is 5.11 Å². The fraction of sp³-hybridized carbons (Fsp3) is 0.429. The first-order valence-electron chi connectivity index (χ1n) is 6.34. The largest absolute Gasteiger partial charge is 0.489 e. The Bertz CT molecular complexity index is 514. The number of aliphatic hydroxyl groups excluding tert-OH is 1. The number of hydrogen-bond acceptors (Lipinski definition) is 4. The van der Waals surface area contributed by atoms with Gasteiger partial charge < -0.3 is 14.6 Å². The Kier molecular flexibility index (Phi) is 4.24. The molecule has 0 radical (unpaired) electrons. The Morgan fingerprint density at radius 1 is 1.32 bits per heavy atom. The number of rotatable bonds is 4. The van der Waals surface area contributed by atoms with Crippen molar-refractivity contribution in [2.75, 3.05) is 7.11 Å². The van der Waals surface area contributed by atoms with Gasteiger partial charge in [-0.05, 0) is 37.8 Å². The lowest BCUT2D eigenvalue weighted by Crippen LogP contribution is -2.12. The summed E-state index contributed by atoms with van der Waals surface area (Å²) in [6, 6.07) is 7.13. The second-order valence-electron chi connectivity index (χ2n) is 4.48. The maximum atomic E-state index is 9.60. The van der Waals surface area contributed by atoms with Crippen molar-refractivity contribution in [1.82, 2.24) is 0 Å². The molecular formula is C14H17N2O3+. The quantitative estimate of drug-likeness (QED) is 0.663. The van der Waals surface area contributed by atoms with Crippen molar-refractivity contribution < 1.29 is 14.6 Å². The standard InChI is InChI=1S/C14H16N2O3/c1-18-14(17)13(16-15)11-8-4-5-9-12(11)19-10-6-2-3-7-10/h4-5,8-10H,2-3,6-7H2,1H3/p+1/b14-13-. The van der Waals surface area contributed by atoms with Gasteiger partial charge in [0, 0.05) is 0 Å². The molecule has 0 amide bonds. The van der Waals surface area contributed by atoms with Crippen LogP contribution in [0.2, 0.25) is 0 Å². The molecule has 0 atom stereocenters. The molecule has 1 aromatic rings. The summed E-state index contributed by atoms with van der Waals surface area (Å²) in [7, 11) is 1.31. The molecule has 0 heterocycles. The molecule has 0 spiro atoms. The van der Waals surface area contributed by atoms with Crippen LogP contribution in [0.25, 0.3) is 10.7 Å². The topological polar surface area (TPSA) is 66.8 Å². The minimum absolute atomic E-state index is 0.0314. The Labute approximate surface area is 112 Å². The molecule has 5 nitrogen and oxygen atoms in total. The SMILES string of the molecule is CO/C(O)=C(\[N+]#N)c1ccccc1OC1CCCC1. The third-order valence-corrected chi connectivity index (χ3v) is 3.23. The lowest BCUT2D eigenvalue weighted by Gasteiger charge is -2.14. The number of hydrogen-bond donors (Lipinski definition) is 1. The molecule has 100 valence electrons. The van der Waals surface area contributed by atoms with Crippen LogP contribution in [-0.4, -0.2) is 18.3 Å². The van der Waals surface area contributed by atoms with Gasteiger partial charge >= 0.3 is 11.6 Å². The average Bonchev–Trinajstić information content (AvgIpc) is 2.94. The summed E-state index contributed by atoms with van der Waals surface area (Å²) in [4.78, 5) is 3.09. The van der Waals surface area contributed by atoms with Crippen molar-refractivity contribution in [3.8, 4) is 5.75 Å². The van der Waals surface area contributed by atoms with E-state index >= 15 is 0 Å². The van der Waals surface area contributed by atoms with Crippen molar-refractivity contribution in [2.45, 2.75) is 31.8 Å². The highest BCUT2D eigenvalue weighted by atomic mass is 16.6. The highest BCUT2D eigenvalue weighted by Crippen LogP contribution is 2.32. The van der Waals surface area contributed by atoms with Crippen molar-refractivity contribution >= 4 is 5.70 Å². The summed E-state index contributed by atoms with van der Waals surface area (Å²) in [5.74, 6) is 0.149. The molecule has 1 aliphatic carbocycles. The lowest BCUT2D eigenvalue weighted by molar-refractivity contribution is 0.139. The Balaban J connectivity index is 2.32. The molecule has 0 bridgehead atoms. The maximum Gasteiger partial charge on any atom is 0.474 e. The number of diazo groups is 1. The van der Waals surface area contributed by atoms with Crippen LogP contribution in [-0.2, 0) is 4.74 Å². The summed E-state index contributed by atoms with van der Waals surface area (Å²) in [6.45, 7) is 0. The van der Waals surface area contributed by atoms with Gasteiger partial charge in [0.15, 0.2) is 4.98 Å². The second kappa shape index (κ2) is 6.10. The van der Waals surface area contributed by atoms with Crippen LogP contribution in [0.4, 0.5) is 0 Å². The summed E-state index contributed by atoms with van der Waals surface area (Å²) in [5, 5.41) is 18.6. The molecule has 5 heteroatoms. The fourth-order valence-corrected chi connectivity index (χ4v) is 2.26. The highest BCUT2D eigenvalue weighted by molar-refractivity contribution is 5.75. The summed E-state index contributed by atoms with van der Waals surface area (Å²) in [6.07, 6.45) is 4.58. The zero-order chi connectivity index (χ0) is 13.7. The van der Waals surface area contributed by atoms with E-state index in [0.29, 0.717) is 11.3 Å². The first kappa shape index (κ1) is 13.2. The molecule has 0 aliphatic heterocycles. The summed E-state index contributed by atoms with van der Waals surface area (Å²) >= 11 is 0. The van der Waals surface area contributed by atoms with Gasteiger partial charge in [-0.25, -0.2) is 0 Å². The highest BCUT2D eigenvalue weighted by Gasteiger charge is 2.28. The summed E-state index contributed by atoms with van der Waals surface area (Å²) < 4.78 is 10.6. The Morgan fingerprint density at radius 3 is 2.63 bits per heavy atom. The number of nitrogens with zero attached hydrogens (tertiary/aromatic N) is 2. The van der Waals surface area contributed by atoms with Gasteiger partial charge in [-0.1, -0.05) is 12.1 Å². The van der Waals surface area contributed by atoms with E-state index in [-0.39, 0.29) is 11.8 Å². The van der Waals surface area contributed by atoms with Crippen molar-refractivity contribution in [3.05, 3.63) is 40.8 Å². The molecule has 2 rings (SSSR count). The molecule has 0 unspecified atom stereocenters. The summed E-state index contributed by atoms with van der Waals surface area (Å²) in [5.41, 5.74) is 0.479. The van der Waals surface area contributed by atoms with E-state index in [1.807, 2.05) is 6.07 Å². The van der Waals surface area contributed by atoms with Crippen LogP contribution in [0.3, 0.4) is 0 Å². The van der Waals surface area contributed by atoms with Crippen molar-refractivity contribution in [2.24, 2.45) is 0 Å². The van der Waals surface area contributed by atoms with Gasteiger partial charge in [0.2, 0.25) is 5.39 Å². The van der Waals surface area contributed by atoms with Crippen LogP contribution >= 0.6 is 0 Å². The number of methoxy groups -OCH3 is 1. The first-order chi connectivity index (χ1) is 9.26.